The number of imidazole rings is 1. The molecule has 2 rings (SSSR count). The van der Waals surface area contributed by atoms with Crippen LogP contribution in [0.25, 0.3) is 5.65 Å². The van der Waals surface area contributed by atoms with Gasteiger partial charge in [0, 0.05) is 6.20 Å². The Labute approximate surface area is 101 Å². The molecule has 0 aliphatic rings. The summed E-state index contributed by atoms with van der Waals surface area (Å²) in [5.74, 6) is -1.21. The molecule has 0 radical (unpaired) electrons. The summed E-state index contributed by atoms with van der Waals surface area (Å²) in [5.41, 5.74) is 0.0694. The van der Waals surface area contributed by atoms with E-state index in [2.05, 4.69) is 10.2 Å². The number of hydrogen-bond acceptors (Lipinski definition) is 5. The van der Waals surface area contributed by atoms with Gasteiger partial charge in [-0.05, 0) is 24.2 Å². The summed E-state index contributed by atoms with van der Waals surface area (Å²) in [6.45, 7) is 1.89. The van der Waals surface area contributed by atoms with Crippen LogP contribution < -0.4 is 0 Å². The van der Waals surface area contributed by atoms with Crippen LogP contribution in [-0.2, 0) is 16.0 Å². The first-order valence-corrected chi connectivity index (χ1v) is 5.31. The number of halogens is 1. The molecule has 0 spiro atoms. The highest BCUT2D eigenvalue weighted by atomic mass is 19.1. The number of pyridine rings is 1. The van der Waals surface area contributed by atoms with Gasteiger partial charge in [-0.25, -0.2) is 9.37 Å². The minimum atomic E-state index is -0.586. The van der Waals surface area contributed by atoms with E-state index in [4.69, 9.17) is 4.74 Å². The highest BCUT2D eigenvalue weighted by Gasteiger charge is 2.18. The molecule has 0 aliphatic carbocycles. The highest BCUT2D eigenvalue weighted by Crippen LogP contribution is 2.23. The number of nitroso groups, excluding NO2 is 1. The van der Waals surface area contributed by atoms with E-state index < -0.39 is 11.8 Å². The van der Waals surface area contributed by atoms with Crippen LogP contribution >= 0.6 is 0 Å². The zero-order valence-corrected chi connectivity index (χ0v) is 9.59. The second kappa shape index (κ2) is 4.91. The van der Waals surface area contributed by atoms with E-state index in [-0.39, 0.29) is 30.2 Å². The van der Waals surface area contributed by atoms with Gasteiger partial charge in [0.1, 0.15) is 5.69 Å². The molecule has 0 fully saturated rings. The quantitative estimate of drug-likeness (QED) is 0.615. The molecule has 0 aromatic carbocycles. The molecule has 0 aliphatic heterocycles. The molecule has 0 atom stereocenters. The maximum atomic E-state index is 13.5. The van der Waals surface area contributed by atoms with Crippen LogP contribution in [0.15, 0.2) is 23.5 Å². The smallest absolute Gasteiger partial charge is 0.312 e. The molecule has 2 heterocycles. The minimum absolute atomic E-state index is 0.0357. The zero-order valence-electron chi connectivity index (χ0n) is 9.59. The van der Waals surface area contributed by atoms with E-state index in [1.54, 1.807) is 6.92 Å². The number of fused-ring (bicyclic) bond motifs is 1. The van der Waals surface area contributed by atoms with Crippen LogP contribution in [0.4, 0.5) is 10.2 Å². The molecule has 0 unspecified atom stereocenters. The topological polar surface area (TPSA) is 73.0 Å². The maximum Gasteiger partial charge on any atom is 0.312 e. The number of carbonyl (C=O) groups is 1. The van der Waals surface area contributed by atoms with Gasteiger partial charge in [-0.3, -0.25) is 9.20 Å². The van der Waals surface area contributed by atoms with Gasteiger partial charge in [0.05, 0.1) is 13.0 Å². The summed E-state index contributed by atoms with van der Waals surface area (Å²) in [6, 6.07) is 2.64. The fourth-order valence-electron chi connectivity index (χ4n) is 1.63. The largest absolute Gasteiger partial charge is 0.466 e. The van der Waals surface area contributed by atoms with Crippen molar-refractivity contribution in [1.29, 1.82) is 0 Å². The Kier molecular flexibility index (Phi) is 3.31. The number of esters is 1. The van der Waals surface area contributed by atoms with Crippen LogP contribution in [0.2, 0.25) is 0 Å². The van der Waals surface area contributed by atoms with Crippen molar-refractivity contribution in [3.63, 3.8) is 0 Å². The molecule has 0 N–H and O–H groups in total. The molecule has 18 heavy (non-hydrogen) atoms. The maximum absolute atomic E-state index is 13.5. The third-order valence-corrected chi connectivity index (χ3v) is 2.35. The molecule has 0 saturated carbocycles. The van der Waals surface area contributed by atoms with Gasteiger partial charge in [-0.2, -0.15) is 0 Å². The van der Waals surface area contributed by atoms with Crippen molar-refractivity contribution in [2.75, 3.05) is 6.61 Å². The van der Waals surface area contributed by atoms with Gasteiger partial charge in [0.2, 0.25) is 5.82 Å². The lowest BCUT2D eigenvalue weighted by Crippen LogP contribution is -2.07. The predicted molar refractivity (Wildman–Crippen MR) is 60.9 cm³/mol. The van der Waals surface area contributed by atoms with E-state index in [1.807, 2.05) is 0 Å². The minimum Gasteiger partial charge on any atom is -0.466 e. The number of nitrogens with zero attached hydrogens (tertiary/aromatic N) is 3. The van der Waals surface area contributed by atoms with Crippen LogP contribution in [0.3, 0.4) is 0 Å². The number of rotatable bonds is 4. The predicted octanol–water partition coefficient (Wildman–Crippen LogP) is 1.98. The van der Waals surface area contributed by atoms with E-state index >= 15 is 0 Å². The summed E-state index contributed by atoms with van der Waals surface area (Å²) in [5, 5.41) is 2.79. The third-order valence-electron chi connectivity index (χ3n) is 2.35. The molecule has 6 nitrogen and oxygen atoms in total. The Bertz CT molecular complexity index is 609. The van der Waals surface area contributed by atoms with Crippen LogP contribution in [0.1, 0.15) is 12.6 Å². The standard InChI is InChI=1S/C11H10FN3O3/c1-2-18-9(16)6-8-11(14-17)15-5-3-4-7(12)10(15)13-8/h3-5H,2,6H2,1H3. The van der Waals surface area contributed by atoms with Crippen LogP contribution in [-0.4, -0.2) is 22.0 Å². The Balaban J connectivity index is 2.47. The fraction of sp³-hybridized carbons (Fsp3) is 0.273. The van der Waals surface area contributed by atoms with E-state index in [0.29, 0.717) is 0 Å². The molecule has 0 saturated heterocycles. The lowest BCUT2D eigenvalue weighted by molar-refractivity contribution is -0.142. The first kappa shape index (κ1) is 12.2. The molecular weight excluding hydrogens is 241 g/mol. The second-order valence-electron chi connectivity index (χ2n) is 3.50. The molecule has 7 heteroatoms. The fourth-order valence-corrected chi connectivity index (χ4v) is 1.63. The SMILES string of the molecule is CCOC(=O)Cc1nc2c(F)cccn2c1N=O. The molecule has 0 amide bonds. The van der Waals surface area contributed by atoms with E-state index in [1.165, 1.54) is 22.7 Å². The Hall–Kier alpha value is -2.31. The number of hydrogen-bond donors (Lipinski definition) is 0. The van der Waals surface area contributed by atoms with Crippen molar-refractivity contribution in [3.05, 3.63) is 34.7 Å². The lowest BCUT2D eigenvalue weighted by Gasteiger charge is -1.98. The van der Waals surface area contributed by atoms with Crippen molar-refractivity contribution in [3.8, 4) is 0 Å². The molecule has 2 aromatic heterocycles. The average Bonchev–Trinajstić information content (AvgIpc) is 2.68. The highest BCUT2D eigenvalue weighted by molar-refractivity contribution is 5.74. The Morgan fingerprint density at radius 2 is 2.39 bits per heavy atom. The van der Waals surface area contributed by atoms with Crippen molar-refractivity contribution < 1.29 is 13.9 Å². The van der Waals surface area contributed by atoms with Crippen molar-refractivity contribution >= 4 is 17.4 Å². The van der Waals surface area contributed by atoms with E-state index in [9.17, 15) is 14.1 Å². The summed E-state index contributed by atoms with van der Waals surface area (Å²) < 4.78 is 19.4. The van der Waals surface area contributed by atoms with Gasteiger partial charge in [-0.1, -0.05) is 0 Å². The number of ether oxygens (including phenoxy) is 1. The van der Waals surface area contributed by atoms with Crippen molar-refractivity contribution in [2.24, 2.45) is 5.18 Å². The van der Waals surface area contributed by atoms with Crippen molar-refractivity contribution in [1.82, 2.24) is 9.38 Å². The van der Waals surface area contributed by atoms with E-state index in [0.717, 1.165) is 0 Å². The summed E-state index contributed by atoms with van der Waals surface area (Å²) >= 11 is 0. The monoisotopic (exact) mass is 251 g/mol. The Morgan fingerprint density at radius 3 is 3.06 bits per heavy atom. The third kappa shape index (κ3) is 2.06. The van der Waals surface area contributed by atoms with Gasteiger partial charge in [-0.15, -0.1) is 4.91 Å². The molecule has 0 bridgehead atoms. The zero-order chi connectivity index (χ0) is 13.1. The van der Waals surface area contributed by atoms with Crippen LogP contribution in [0.5, 0.6) is 0 Å². The lowest BCUT2D eigenvalue weighted by atomic mass is 10.3. The summed E-state index contributed by atoms with van der Waals surface area (Å²) in [6.07, 6.45) is 1.24. The van der Waals surface area contributed by atoms with Gasteiger partial charge >= 0.3 is 5.97 Å². The first-order valence-electron chi connectivity index (χ1n) is 5.31. The van der Waals surface area contributed by atoms with Crippen molar-refractivity contribution in [2.45, 2.75) is 13.3 Å². The normalized spacial score (nSPS) is 10.6. The molecular formula is C11H10FN3O3. The second-order valence-corrected chi connectivity index (χ2v) is 3.50. The summed E-state index contributed by atoms with van der Waals surface area (Å²) in [7, 11) is 0. The van der Waals surface area contributed by atoms with Gasteiger partial charge < -0.3 is 4.74 Å². The first-order chi connectivity index (χ1) is 8.67. The van der Waals surface area contributed by atoms with Gasteiger partial charge in [0.25, 0.3) is 0 Å². The van der Waals surface area contributed by atoms with Gasteiger partial charge in [0.15, 0.2) is 11.5 Å². The molecule has 94 valence electrons. The Morgan fingerprint density at radius 1 is 1.61 bits per heavy atom. The average molecular weight is 251 g/mol. The summed E-state index contributed by atoms with van der Waals surface area (Å²) in [4.78, 5) is 26.0. The van der Waals surface area contributed by atoms with Crippen LogP contribution in [0, 0.1) is 10.7 Å². The number of aromatic nitrogens is 2. The molecule has 2 aromatic rings. The number of carbonyl (C=O) groups excluding carboxylic acids is 1.